The van der Waals surface area contributed by atoms with E-state index in [1.807, 2.05) is 0 Å². The Hall–Kier alpha value is -1.47. The lowest BCUT2D eigenvalue weighted by atomic mass is 10.00. The smallest absolute Gasteiger partial charge is 0.249 e. The molecule has 0 radical (unpaired) electrons. The Morgan fingerprint density at radius 1 is 0.304 bits per heavy atom. The number of allylic oxidation sites excluding steroid dienone is 6. The molecule has 6 heteroatoms. The Kier molecular flexibility index (Phi) is 66.1. The first-order chi connectivity index (χ1) is 39.0. The van der Waals surface area contributed by atoms with Crippen LogP contribution in [0.4, 0.5) is 0 Å². The quantitative estimate of drug-likeness (QED) is 0.0308. The van der Waals surface area contributed by atoms with Crippen molar-refractivity contribution in [1.29, 1.82) is 0 Å². The monoisotopic (exact) mass is 1110 g/mol. The minimum Gasteiger partial charge on any atom is -0.394 e. The van der Waals surface area contributed by atoms with Crippen LogP contribution in [-0.2, 0) is 4.79 Å². The highest BCUT2D eigenvalue weighted by Gasteiger charge is 2.28. The van der Waals surface area contributed by atoms with E-state index < -0.39 is 36.9 Å². The second kappa shape index (κ2) is 67.3. The molecule has 5 N–H and O–H groups in total. The number of hydrogen-bond donors (Lipinski definition) is 5. The Bertz CT molecular complexity index is 1250. The number of amides is 1. The average molecular weight is 1110 g/mol. The van der Waals surface area contributed by atoms with Crippen molar-refractivity contribution in [1.82, 2.24) is 5.32 Å². The number of aliphatic hydroxyl groups is 4. The lowest BCUT2D eigenvalue weighted by Crippen LogP contribution is -2.53. The molecule has 0 aliphatic heterocycles. The Morgan fingerprint density at radius 3 is 0.797 bits per heavy atom. The third-order valence-corrected chi connectivity index (χ3v) is 17.1. The molecule has 79 heavy (non-hydrogen) atoms. The molecule has 468 valence electrons. The van der Waals surface area contributed by atoms with Gasteiger partial charge in [-0.15, -0.1) is 0 Å². The maximum absolute atomic E-state index is 12.7. The largest absolute Gasteiger partial charge is 0.394 e. The van der Waals surface area contributed by atoms with E-state index >= 15 is 0 Å². The molecule has 0 aliphatic rings. The number of aliphatic hydroxyl groups excluding tert-OH is 4. The van der Waals surface area contributed by atoms with Gasteiger partial charge in [0, 0.05) is 0 Å². The van der Waals surface area contributed by atoms with Gasteiger partial charge in [0.25, 0.3) is 0 Å². The number of carbonyl (C=O) groups excluding carboxylic acids is 1. The van der Waals surface area contributed by atoms with Crippen LogP contribution >= 0.6 is 0 Å². The molecule has 0 aromatic carbocycles. The van der Waals surface area contributed by atoms with E-state index in [9.17, 15) is 25.2 Å². The highest BCUT2D eigenvalue weighted by Crippen LogP contribution is 2.19. The van der Waals surface area contributed by atoms with Crippen molar-refractivity contribution in [2.75, 3.05) is 6.61 Å². The third-order valence-electron chi connectivity index (χ3n) is 17.1. The summed E-state index contributed by atoms with van der Waals surface area (Å²) in [6.45, 7) is 4.10. The lowest BCUT2D eigenvalue weighted by molar-refractivity contribution is -0.132. The number of nitrogens with one attached hydrogen (secondary N) is 1. The molecule has 4 unspecified atom stereocenters. The van der Waals surface area contributed by atoms with Crippen LogP contribution < -0.4 is 5.32 Å². The summed E-state index contributed by atoms with van der Waals surface area (Å²) in [5.41, 5.74) is 0. The summed E-state index contributed by atoms with van der Waals surface area (Å²) in [5.74, 6) is -0.592. The highest BCUT2D eigenvalue weighted by molar-refractivity contribution is 5.80. The zero-order chi connectivity index (χ0) is 57.3. The minimum absolute atomic E-state index is 0.362. The van der Waals surface area contributed by atoms with Crippen LogP contribution in [0.15, 0.2) is 36.5 Å². The van der Waals surface area contributed by atoms with E-state index in [0.717, 1.165) is 51.4 Å². The SMILES string of the molecule is CCCCCCCCCCCCCCCCCCCC/C=C/CC/C=C/CC/C=C/CCCC(O)C(O)C(CO)NC(=O)C(O)CCCCCCCCCCCCCCCCCCCCCCCCCCCCCCCCCC. The van der Waals surface area contributed by atoms with E-state index in [1.54, 1.807) is 0 Å². The minimum atomic E-state index is -1.29. The van der Waals surface area contributed by atoms with Crippen molar-refractivity contribution in [2.45, 2.75) is 417 Å². The lowest BCUT2D eigenvalue weighted by Gasteiger charge is -2.27. The van der Waals surface area contributed by atoms with Gasteiger partial charge in [0.15, 0.2) is 0 Å². The zero-order valence-corrected chi connectivity index (χ0v) is 53.4. The van der Waals surface area contributed by atoms with Crippen LogP contribution in [0, 0.1) is 0 Å². The van der Waals surface area contributed by atoms with Crippen molar-refractivity contribution in [2.24, 2.45) is 0 Å². The van der Waals surface area contributed by atoms with Gasteiger partial charge in [0.1, 0.15) is 12.2 Å². The molecule has 6 nitrogen and oxygen atoms in total. The van der Waals surface area contributed by atoms with Crippen molar-refractivity contribution >= 4 is 5.91 Å². The van der Waals surface area contributed by atoms with Crippen LogP contribution in [0.1, 0.15) is 393 Å². The van der Waals surface area contributed by atoms with E-state index in [0.29, 0.717) is 19.3 Å². The molecule has 0 bridgehead atoms. The van der Waals surface area contributed by atoms with Crippen molar-refractivity contribution in [3.8, 4) is 0 Å². The predicted molar refractivity (Wildman–Crippen MR) is 348 cm³/mol. The molecule has 0 saturated heterocycles. The molecule has 0 fully saturated rings. The second-order valence-corrected chi connectivity index (χ2v) is 24.9. The maximum Gasteiger partial charge on any atom is 0.249 e. The van der Waals surface area contributed by atoms with Gasteiger partial charge < -0.3 is 25.7 Å². The summed E-state index contributed by atoms with van der Waals surface area (Å²) >= 11 is 0. The van der Waals surface area contributed by atoms with Gasteiger partial charge in [-0.2, -0.15) is 0 Å². The van der Waals surface area contributed by atoms with Gasteiger partial charge in [-0.05, 0) is 64.2 Å². The number of carbonyl (C=O) groups is 1. The number of unbranched alkanes of at least 4 members (excludes halogenated alkanes) is 52. The van der Waals surface area contributed by atoms with E-state index in [2.05, 4.69) is 55.6 Å². The summed E-state index contributed by atoms with van der Waals surface area (Å²) < 4.78 is 0. The van der Waals surface area contributed by atoms with Gasteiger partial charge in [0.05, 0.1) is 18.8 Å². The molecule has 0 aliphatic carbocycles. The fraction of sp³-hybridized carbons (Fsp3) is 0.904. The third kappa shape index (κ3) is 60.9. The first-order valence-corrected chi connectivity index (χ1v) is 35.9. The number of hydrogen-bond acceptors (Lipinski definition) is 5. The van der Waals surface area contributed by atoms with Crippen LogP contribution in [0.2, 0.25) is 0 Å². The Labute approximate surface area is 494 Å². The normalized spacial score (nSPS) is 13.6. The molecule has 4 atom stereocenters. The van der Waals surface area contributed by atoms with Crippen molar-refractivity contribution in [3.63, 3.8) is 0 Å². The summed E-state index contributed by atoms with van der Waals surface area (Å²) in [6, 6.07) is -1.01. The maximum atomic E-state index is 12.7. The zero-order valence-electron chi connectivity index (χ0n) is 53.4. The standard InChI is InChI=1S/C73H141NO5/c1-3-5-7-9-11-13-15-17-19-21-23-25-27-29-31-33-35-37-39-41-43-45-47-49-51-53-55-57-59-61-63-65-67-71(77)73(79)74-69(68-75)72(78)70(76)66-64-62-60-58-56-54-52-50-48-46-44-42-40-38-36-34-32-30-28-26-24-22-20-18-16-14-12-10-8-6-4-2/h42,44,50,52,58,60,69-72,75-78H,3-41,43,45-49,51,53-57,59,61-68H2,1-2H3,(H,74,79)/b44-42+,52-50+,60-58+. The van der Waals surface area contributed by atoms with E-state index in [4.69, 9.17) is 0 Å². The first-order valence-electron chi connectivity index (χ1n) is 35.9. The molecule has 0 rings (SSSR count). The predicted octanol–water partition coefficient (Wildman–Crippen LogP) is 22.3. The summed E-state index contributed by atoms with van der Waals surface area (Å²) in [7, 11) is 0. The first kappa shape index (κ1) is 77.5. The molecule has 1 amide bonds. The highest BCUT2D eigenvalue weighted by atomic mass is 16.3. The van der Waals surface area contributed by atoms with Crippen molar-refractivity contribution in [3.05, 3.63) is 36.5 Å². The molecule has 0 heterocycles. The average Bonchev–Trinajstić information content (AvgIpc) is 3.45. The van der Waals surface area contributed by atoms with Gasteiger partial charge in [0.2, 0.25) is 5.91 Å². The second-order valence-electron chi connectivity index (χ2n) is 24.9. The molecular weight excluding hydrogens is 971 g/mol. The summed E-state index contributed by atoms with van der Waals surface area (Å²) in [6.07, 6.45) is 87.2. The van der Waals surface area contributed by atoms with Gasteiger partial charge in [-0.3, -0.25) is 4.79 Å². The van der Waals surface area contributed by atoms with Crippen LogP contribution in [0.25, 0.3) is 0 Å². The Balaban J connectivity index is 3.59. The number of rotatable bonds is 67. The van der Waals surface area contributed by atoms with E-state index in [1.165, 1.54) is 308 Å². The molecule has 0 spiro atoms. The van der Waals surface area contributed by atoms with Crippen LogP contribution in [0.3, 0.4) is 0 Å². The van der Waals surface area contributed by atoms with Gasteiger partial charge in [-0.25, -0.2) is 0 Å². The molecule has 0 aromatic rings. The fourth-order valence-electron chi connectivity index (χ4n) is 11.5. The van der Waals surface area contributed by atoms with Crippen LogP contribution in [0.5, 0.6) is 0 Å². The Morgan fingerprint density at radius 2 is 0.532 bits per heavy atom. The van der Waals surface area contributed by atoms with Gasteiger partial charge in [-0.1, -0.05) is 365 Å². The summed E-state index contributed by atoms with van der Waals surface area (Å²) in [4.78, 5) is 12.7. The topological polar surface area (TPSA) is 110 Å². The molecular formula is C73H141NO5. The van der Waals surface area contributed by atoms with Crippen molar-refractivity contribution < 1.29 is 25.2 Å². The van der Waals surface area contributed by atoms with E-state index in [-0.39, 0.29) is 0 Å². The summed E-state index contributed by atoms with van der Waals surface area (Å²) in [5, 5.41) is 44.2. The molecule has 0 aromatic heterocycles. The fourth-order valence-corrected chi connectivity index (χ4v) is 11.5. The van der Waals surface area contributed by atoms with Gasteiger partial charge >= 0.3 is 0 Å². The van der Waals surface area contributed by atoms with Crippen LogP contribution in [-0.4, -0.2) is 57.3 Å². The molecule has 0 saturated carbocycles.